The Bertz CT molecular complexity index is 540. The first-order chi connectivity index (χ1) is 14.2. The van der Waals surface area contributed by atoms with E-state index in [1.807, 2.05) is 27.7 Å². The molecular weight excluding hydrogens is 459 g/mol. The molecule has 1 atom stereocenters. The summed E-state index contributed by atoms with van der Waals surface area (Å²) in [5.74, 6) is 2.62. The number of ketones is 2. The van der Waals surface area contributed by atoms with Crippen molar-refractivity contribution in [3.63, 3.8) is 0 Å². The van der Waals surface area contributed by atoms with Gasteiger partial charge in [0.15, 0.2) is 0 Å². The minimum Gasteiger partial charge on any atom is -0.299 e. The summed E-state index contributed by atoms with van der Waals surface area (Å²) >= 11 is 0. The molecule has 0 aromatic heterocycles. The average Bonchev–Trinajstić information content (AvgIpc) is 2.50. The van der Waals surface area contributed by atoms with Crippen molar-refractivity contribution in [1.82, 2.24) is 0 Å². The van der Waals surface area contributed by atoms with Crippen molar-refractivity contribution in [2.75, 3.05) is 12.3 Å². The highest BCUT2D eigenvalue weighted by molar-refractivity contribution is 7.38. The highest BCUT2D eigenvalue weighted by atomic mass is 31.1. The van der Waals surface area contributed by atoms with Gasteiger partial charge in [0, 0.05) is 24.7 Å². The van der Waals surface area contributed by atoms with Crippen LogP contribution in [0.15, 0.2) is 0 Å². The van der Waals surface area contributed by atoms with Crippen molar-refractivity contribution in [3.05, 3.63) is 0 Å². The van der Waals surface area contributed by atoms with Crippen LogP contribution in [0.1, 0.15) is 152 Å². The van der Waals surface area contributed by atoms with Gasteiger partial charge in [-0.3, -0.25) is 9.59 Å². The Hall–Kier alpha value is -0.230. The van der Waals surface area contributed by atoms with Crippen LogP contribution in [0.25, 0.3) is 0 Å². The molecule has 0 N–H and O–H groups in total. The van der Waals surface area contributed by atoms with Gasteiger partial charge in [0.2, 0.25) is 0 Å². The Labute approximate surface area is 234 Å². The summed E-state index contributed by atoms with van der Waals surface area (Å²) < 4.78 is 0. The van der Waals surface area contributed by atoms with E-state index >= 15 is 0 Å². The quantitative estimate of drug-likeness (QED) is 0.208. The predicted molar refractivity (Wildman–Crippen MR) is 174 cm³/mol. The number of hydrogen-bond donors (Lipinski definition) is 0. The Morgan fingerprint density at radius 1 is 0.528 bits per heavy atom. The molecule has 0 aliphatic heterocycles. The molecule has 0 aliphatic carbocycles. The summed E-state index contributed by atoms with van der Waals surface area (Å²) in [5.41, 5.74) is 0.800. The van der Waals surface area contributed by atoms with Gasteiger partial charge in [-0.2, -0.15) is 0 Å². The van der Waals surface area contributed by atoms with Crippen LogP contribution in [-0.4, -0.2) is 23.9 Å². The smallest absolute Gasteiger partial charge is 0.135 e. The van der Waals surface area contributed by atoms with Crippen LogP contribution < -0.4 is 0 Å². The Balaban J connectivity index is -0.000000119. The fourth-order valence-corrected chi connectivity index (χ4v) is 6.26. The topological polar surface area (TPSA) is 34.1 Å². The third kappa shape index (κ3) is 28.3. The predicted octanol–water partition coefficient (Wildman–Crippen LogP) is 11.6. The minimum atomic E-state index is 0. The summed E-state index contributed by atoms with van der Waals surface area (Å²) in [5, 5.41) is 0. The number of Topliss-reactive ketones (excluding diaryl/α,β-unsaturated/α-hetero) is 2. The maximum atomic E-state index is 11.9. The normalized spacial score (nSPS) is 11.9. The molecule has 0 amide bonds. The van der Waals surface area contributed by atoms with E-state index in [0.717, 1.165) is 33.8 Å². The van der Waals surface area contributed by atoms with E-state index in [2.05, 4.69) is 69.2 Å². The highest BCUT2D eigenvalue weighted by Gasteiger charge is 2.26. The molecule has 36 heavy (non-hydrogen) atoms. The van der Waals surface area contributed by atoms with Gasteiger partial charge >= 0.3 is 0 Å². The van der Waals surface area contributed by atoms with Gasteiger partial charge in [0.25, 0.3) is 0 Å². The molecule has 0 saturated carbocycles. The van der Waals surface area contributed by atoms with Gasteiger partial charge in [-0.25, -0.2) is 0 Å². The molecule has 0 aromatic rings. The van der Waals surface area contributed by atoms with Gasteiger partial charge < -0.3 is 0 Å². The lowest BCUT2D eigenvalue weighted by Gasteiger charge is -2.30. The summed E-state index contributed by atoms with van der Waals surface area (Å²) in [6.45, 7) is 30.6. The van der Waals surface area contributed by atoms with E-state index < -0.39 is 0 Å². The third-order valence-electron chi connectivity index (χ3n) is 5.72. The summed E-state index contributed by atoms with van der Waals surface area (Å²) in [4.78, 5) is 23.4. The molecule has 0 saturated heterocycles. The van der Waals surface area contributed by atoms with Crippen LogP contribution in [-0.2, 0) is 9.59 Å². The first-order valence-corrected chi connectivity index (χ1v) is 14.4. The Kier molecular flexibility index (Phi) is 29.4. The van der Waals surface area contributed by atoms with E-state index in [1.165, 1.54) is 18.7 Å². The van der Waals surface area contributed by atoms with Crippen LogP contribution >= 0.6 is 8.58 Å². The van der Waals surface area contributed by atoms with Crippen molar-refractivity contribution in [3.8, 4) is 0 Å². The minimum absolute atomic E-state index is 0. The van der Waals surface area contributed by atoms with Crippen molar-refractivity contribution in [1.29, 1.82) is 0 Å². The third-order valence-corrected chi connectivity index (χ3v) is 8.14. The fourth-order valence-electron chi connectivity index (χ4n) is 4.51. The van der Waals surface area contributed by atoms with Crippen molar-refractivity contribution in [2.24, 2.45) is 39.9 Å². The number of rotatable bonds is 14. The number of carbonyl (C=O) groups excluding carboxylic acids is 2. The van der Waals surface area contributed by atoms with E-state index in [1.54, 1.807) is 0 Å². The number of carbonyl (C=O) groups is 2. The molecule has 0 spiro atoms. The van der Waals surface area contributed by atoms with Gasteiger partial charge in [-0.1, -0.05) is 127 Å². The SMILES string of the molecule is C.C.C.C.CC(C)CC(C)(C)CC(=O)C(C)C.CC(C)CC(C)(C)CPCC(C)(C)CC(=O)C(C)C. The van der Waals surface area contributed by atoms with Crippen LogP contribution in [0.5, 0.6) is 0 Å². The van der Waals surface area contributed by atoms with E-state index in [0.29, 0.717) is 22.9 Å². The second-order valence-corrected chi connectivity index (χ2v) is 15.1. The molecule has 2 nitrogen and oxygen atoms in total. The molecule has 0 rings (SSSR count). The van der Waals surface area contributed by atoms with Crippen molar-refractivity contribution < 1.29 is 9.59 Å². The summed E-state index contributed by atoms with van der Waals surface area (Å²) in [7, 11) is 0.975. The van der Waals surface area contributed by atoms with E-state index in [4.69, 9.17) is 0 Å². The zero-order valence-corrected chi connectivity index (χ0v) is 25.4. The lowest BCUT2D eigenvalue weighted by molar-refractivity contribution is -0.124. The van der Waals surface area contributed by atoms with Crippen LogP contribution in [0.3, 0.4) is 0 Å². The van der Waals surface area contributed by atoms with Gasteiger partial charge in [-0.15, -0.1) is 8.58 Å². The molecule has 224 valence electrons. The second kappa shape index (κ2) is 21.7. The lowest BCUT2D eigenvalue weighted by Crippen LogP contribution is -2.24. The first-order valence-electron chi connectivity index (χ1n) is 13.0. The van der Waals surface area contributed by atoms with Crippen molar-refractivity contribution in [2.45, 2.75) is 152 Å². The molecule has 1 unspecified atom stereocenters. The van der Waals surface area contributed by atoms with E-state index in [-0.39, 0.29) is 52.4 Å². The molecule has 3 heteroatoms. The molecule has 0 heterocycles. The van der Waals surface area contributed by atoms with E-state index in [9.17, 15) is 9.59 Å². The number of hydrogen-bond acceptors (Lipinski definition) is 2. The first kappa shape index (κ1) is 48.8. The maximum absolute atomic E-state index is 11.9. The van der Waals surface area contributed by atoms with Crippen LogP contribution in [0.2, 0.25) is 0 Å². The molecular formula is C33H75O2P. The highest BCUT2D eigenvalue weighted by Crippen LogP contribution is 2.37. The molecule has 0 aliphatic rings. The van der Waals surface area contributed by atoms with Gasteiger partial charge in [0.05, 0.1) is 0 Å². The molecule has 0 fully saturated rings. The monoisotopic (exact) mass is 535 g/mol. The molecule has 0 bridgehead atoms. The second-order valence-electron chi connectivity index (χ2n) is 13.9. The standard InChI is InChI=1S/C17H35OP.C12H24O.4CH4/c1-13(2)9-16(5,6)11-19-12-17(7,8)10-15(18)14(3)4;1-9(2)7-12(5,6)8-11(13)10(3)4;;;;/h13-14,19H,9-12H2,1-8H3;9-10H,7-8H2,1-6H3;4*1H4. The largest absolute Gasteiger partial charge is 0.299 e. The summed E-state index contributed by atoms with van der Waals surface area (Å²) in [6, 6.07) is 0. The van der Waals surface area contributed by atoms with Crippen molar-refractivity contribution >= 4 is 20.1 Å². The molecule has 0 radical (unpaired) electrons. The van der Waals surface area contributed by atoms with Crippen LogP contribution in [0, 0.1) is 39.9 Å². The molecule has 0 aromatic carbocycles. The maximum Gasteiger partial charge on any atom is 0.135 e. The van der Waals surface area contributed by atoms with Gasteiger partial charge in [0.1, 0.15) is 11.6 Å². The zero-order chi connectivity index (χ0) is 25.9. The van der Waals surface area contributed by atoms with Gasteiger partial charge in [-0.05, 0) is 53.2 Å². The zero-order valence-electron chi connectivity index (χ0n) is 24.4. The lowest BCUT2D eigenvalue weighted by atomic mass is 9.78. The Morgan fingerprint density at radius 2 is 0.806 bits per heavy atom. The Morgan fingerprint density at radius 3 is 1.11 bits per heavy atom. The fraction of sp³-hybridized carbons (Fsp3) is 0.939. The average molecular weight is 535 g/mol. The van der Waals surface area contributed by atoms with Crippen LogP contribution in [0.4, 0.5) is 0 Å². The summed E-state index contributed by atoms with van der Waals surface area (Å²) in [6.07, 6.45) is 6.37.